The van der Waals surface area contributed by atoms with Crippen LogP contribution >= 0.6 is 0 Å². The van der Waals surface area contributed by atoms with E-state index < -0.39 is 6.23 Å². The lowest BCUT2D eigenvalue weighted by Crippen LogP contribution is -2.43. The zero-order valence-electron chi connectivity index (χ0n) is 19.6. The van der Waals surface area contributed by atoms with Crippen molar-refractivity contribution in [1.82, 2.24) is 4.90 Å². The number of rotatable bonds is 6. The summed E-state index contributed by atoms with van der Waals surface area (Å²) < 4.78 is 0. The maximum Gasteiger partial charge on any atom is 0.256 e. The van der Waals surface area contributed by atoms with Crippen molar-refractivity contribution >= 4 is 17.3 Å². The number of carbonyl (C=O) groups excluding carboxylic acids is 1. The number of aliphatic hydroxyl groups is 1. The molecule has 2 N–H and O–H groups in total. The van der Waals surface area contributed by atoms with Crippen molar-refractivity contribution in [2.24, 2.45) is 0 Å². The van der Waals surface area contributed by atoms with E-state index in [0.717, 1.165) is 63.8 Å². The predicted molar refractivity (Wildman–Crippen MR) is 132 cm³/mol. The van der Waals surface area contributed by atoms with Crippen LogP contribution in [0.3, 0.4) is 0 Å². The van der Waals surface area contributed by atoms with Gasteiger partial charge in [-0.15, -0.1) is 0 Å². The zero-order chi connectivity index (χ0) is 22.3. The molecule has 0 bridgehead atoms. The first-order chi connectivity index (χ1) is 15.7. The molecule has 1 saturated heterocycles. The molecular weight excluding hydrogens is 398 g/mol. The third-order valence-electron chi connectivity index (χ3n) is 7.09. The average molecular weight is 438 g/mol. The molecule has 4 rings (SSSR count). The molecular formula is C27H39N3O2. The molecule has 5 nitrogen and oxygen atoms in total. The predicted octanol–water partition coefficient (Wildman–Crippen LogP) is 5.58. The monoisotopic (exact) mass is 437 g/mol. The van der Waals surface area contributed by atoms with Gasteiger partial charge in [0.1, 0.15) is 0 Å². The van der Waals surface area contributed by atoms with Crippen molar-refractivity contribution in [3.63, 3.8) is 0 Å². The molecule has 2 aliphatic heterocycles. The first-order valence-corrected chi connectivity index (χ1v) is 12.7. The number of piperidine rings is 1. The normalized spacial score (nSPS) is 22.1. The number of benzene rings is 1. The average Bonchev–Trinajstić information content (AvgIpc) is 2.80. The second-order valence-corrected chi connectivity index (χ2v) is 9.46. The number of carbonyl (C=O) groups is 1. The Morgan fingerprint density at radius 2 is 1.69 bits per heavy atom. The summed E-state index contributed by atoms with van der Waals surface area (Å²) >= 11 is 0. The van der Waals surface area contributed by atoms with Crippen LogP contribution in [-0.2, 0) is 4.79 Å². The summed E-state index contributed by atoms with van der Waals surface area (Å²) in [6, 6.07) is 8.14. The number of nitrogens with one attached hydrogen (secondary N) is 1. The highest BCUT2D eigenvalue weighted by molar-refractivity contribution is 6.05. The van der Waals surface area contributed by atoms with Gasteiger partial charge in [-0.05, 0) is 87.3 Å². The molecule has 1 amide bonds. The van der Waals surface area contributed by atoms with Crippen LogP contribution < -0.4 is 10.2 Å². The van der Waals surface area contributed by atoms with Crippen molar-refractivity contribution < 1.29 is 9.90 Å². The fourth-order valence-electron chi connectivity index (χ4n) is 5.21. The Bertz CT molecular complexity index is 837. The van der Waals surface area contributed by atoms with Gasteiger partial charge in [0.2, 0.25) is 0 Å². The highest BCUT2D eigenvalue weighted by atomic mass is 16.3. The molecule has 0 aromatic heterocycles. The molecule has 2 heterocycles. The molecule has 1 unspecified atom stereocenters. The van der Waals surface area contributed by atoms with Crippen LogP contribution in [0.4, 0.5) is 11.4 Å². The number of hydrogen-bond donors (Lipinski definition) is 2. The van der Waals surface area contributed by atoms with E-state index in [1.165, 1.54) is 49.1 Å². The summed E-state index contributed by atoms with van der Waals surface area (Å²) in [4.78, 5) is 17.7. The highest BCUT2D eigenvalue weighted by Crippen LogP contribution is 2.34. The van der Waals surface area contributed by atoms with Crippen LogP contribution in [0.1, 0.15) is 77.6 Å². The minimum absolute atomic E-state index is 0.196. The van der Waals surface area contributed by atoms with Crippen LogP contribution in [0.15, 0.2) is 47.2 Å². The molecule has 0 spiro atoms. The number of unbranched alkanes of at least 4 members (excludes halogenated alkanes) is 1. The van der Waals surface area contributed by atoms with Gasteiger partial charge in [-0.1, -0.05) is 26.2 Å². The number of amides is 1. The molecule has 1 aromatic rings. The number of anilines is 2. The van der Waals surface area contributed by atoms with E-state index in [9.17, 15) is 9.90 Å². The minimum Gasteiger partial charge on any atom is -0.372 e. The molecule has 0 saturated carbocycles. The third-order valence-corrected chi connectivity index (χ3v) is 7.09. The van der Waals surface area contributed by atoms with Crippen molar-refractivity contribution in [1.29, 1.82) is 0 Å². The molecule has 174 valence electrons. The molecule has 3 aliphatic rings. The molecule has 1 aliphatic carbocycles. The minimum atomic E-state index is -0.868. The summed E-state index contributed by atoms with van der Waals surface area (Å²) in [5.41, 5.74) is 4.97. The van der Waals surface area contributed by atoms with Crippen LogP contribution in [0.25, 0.3) is 0 Å². The van der Waals surface area contributed by atoms with E-state index in [0.29, 0.717) is 5.57 Å². The Balaban J connectivity index is 1.50. The van der Waals surface area contributed by atoms with E-state index in [1.54, 1.807) is 0 Å². The van der Waals surface area contributed by atoms with Gasteiger partial charge in [0.15, 0.2) is 6.23 Å². The largest absolute Gasteiger partial charge is 0.372 e. The standard InChI is InChI=1S/C27H39N3O2/c1-2-3-19-30-25-12-8-5-4-7-11-21(25)20-24(27(30)32)26(31)28-22-13-15-23(16-14-22)29-17-9-6-10-18-29/h13-16,20,27,32H,2-12,17-19H2,1H3,(H,28,31). The molecule has 1 aromatic carbocycles. The third kappa shape index (κ3) is 5.37. The van der Waals surface area contributed by atoms with E-state index in [2.05, 4.69) is 34.2 Å². The van der Waals surface area contributed by atoms with Gasteiger partial charge in [0.25, 0.3) is 5.91 Å². The molecule has 32 heavy (non-hydrogen) atoms. The number of hydrogen-bond acceptors (Lipinski definition) is 4. The van der Waals surface area contributed by atoms with E-state index >= 15 is 0 Å². The molecule has 0 radical (unpaired) electrons. The SMILES string of the molecule is CCCCN1C2=C(C=C(C(=O)Nc3ccc(N4CCCCC4)cc3)C1O)CCCCCC2. The van der Waals surface area contributed by atoms with Gasteiger partial charge in [-0.2, -0.15) is 0 Å². The quantitative estimate of drug-likeness (QED) is 0.610. The summed E-state index contributed by atoms with van der Waals surface area (Å²) in [7, 11) is 0. The van der Waals surface area contributed by atoms with E-state index in [-0.39, 0.29) is 5.91 Å². The van der Waals surface area contributed by atoms with Gasteiger partial charge in [-0.25, -0.2) is 0 Å². The lowest BCUT2D eigenvalue weighted by atomic mass is 9.91. The fourth-order valence-corrected chi connectivity index (χ4v) is 5.21. The summed E-state index contributed by atoms with van der Waals surface area (Å²) in [5.74, 6) is -0.196. The van der Waals surface area contributed by atoms with E-state index in [1.807, 2.05) is 18.2 Å². The fraction of sp³-hybridized carbons (Fsp3) is 0.593. The summed E-state index contributed by atoms with van der Waals surface area (Å²) in [6.07, 6.45) is 13.8. The Morgan fingerprint density at radius 3 is 2.41 bits per heavy atom. The summed E-state index contributed by atoms with van der Waals surface area (Å²) in [6.45, 7) is 5.18. The smallest absolute Gasteiger partial charge is 0.256 e. The molecule has 1 fully saturated rings. The Kier molecular flexibility index (Phi) is 7.90. The lowest BCUT2D eigenvalue weighted by Gasteiger charge is -2.38. The zero-order valence-corrected chi connectivity index (χ0v) is 19.6. The van der Waals surface area contributed by atoms with Gasteiger partial charge < -0.3 is 20.2 Å². The highest BCUT2D eigenvalue weighted by Gasteiger charge is 2.32. The first-order valence-electron chi connectivity index (χ1n) is 12.7. The van der Waals surface area contributed by atoms with Crippen molar-refractivity contribution in [3.8, 4) is 0 Å². The van der Waals surface area contributed by atoms with Crippen molar-refractivity contribution in [2.75, 3.05) is 29.9 Å². The van der Waals surface area contributed by atoms with Gasteiger partial charge in [-0.3, -0.25) is 4.79 Å². The lowest BCUT2D eigenvalue weighted by molar-refractivity contribution is -0.115. The van der Waals surface area contributed by atoms with Crippen molar-refractivity contribution in [2.45, 2.75) is 83.8 Å². The Morgan fingerprint density at radius 1 is 1.00 bits per heavy atom. The van der Waals surface area contributed by atoms with Gasteiger partial charge >= 0.3 is 0 Å². The van der Waals surface area contributed by atoms with Crippen LogP contribution in [-0.4, -0.2) is 41.8 Å². The molecule has 5 heteroatoms. The Labute approximate surface area is 193 Å². The maximum atomic E-state index is 13.2. The maximum absolute atomic E-state index is 13.2. The molecule has 1 atom stereocenters. The number of allylic oxidation sites excluding steroid dienone is 3. The van der Waals surface area contributed by atoms with Gasteiger partial charge in [0, 0.05) is 36.7 Å². The Hall–Kier alpha value is -2.27. The number of aliphatic hydroxyl groups excluding tert-OH is 1. The van der Waals surface area contributed by atoms with Crippen molar-refractivity contribution in [3.05, 3.63) is 47.2 Å². The second-order valence-electron chi connectivity index (χ2n) is 9.46. The van der Waals surface area contributed by atoms with Crippen LogP contribution in [0.5, 0.6) is 0 Å². The van der Waals surface area contributed by atoms with Gasteiger partial charge in [0.05, 0.1) is 5.57 Å². The topological polar surface area (TPSA) is 55.8 Å². The number of nitrogens with zero attached hydrogens (tertiary/aromatic N) is 2. The second kappa shape index (κ2) is 11.0. The first kappa shape index (κ1) is 22.9. The van der Waals surface area contributed by atoms with Crippen LogP contribution in [0.2, 0.25) is 0 Å². The van der Waals surface area contributed by atoms with E-state index in [4.69, 9.17) is 0 Å². The van der Waals surface area contributed by atoms with Crippen LogP contribution in [0, 0.1) is 0 Å². The summed E-state index contributed by atoms with van der Waals surface area (Å²) in [5, 5.41) is 14.2.